The molecule has 0 saturated heterocycles. The molecule has 0 radical (unpaired) electrons. The van der Waals surface area contributed by atoms with E-state index in [4.69, 9.17) is 4.42 Å². The van der Waals surface area contributed by atoms with Crippen molar-refractivity contribution in [3.8, 4) is 0 Å². The molecule has 16 heavy (non-hydrogen) atoms. The normalized spacial score (nSPS) is 13.2. The van der Waals surface area contributed by atoms with Crippen LogP contribution in [0.1, 0.15) is 30.5 Å². The fourth-order valence-electron chi connectivity index (χ4n) is 1.67. The summed E-state index contributed by atoms with van der Waals surface area (Å²) >= 11 is 1.79. The lowest BCUT2D eigenvalue weighted by Crippen LogP contribution is -2.24. The molecule has 2 aromatic heterocycles. The number of nitrogens with one attached hydrogen (secondary N) is 1. The highest BCUT2D eigenvalue weighted by Gasteiger charge is 2.16. The monoisotopic (exact) mass is 236 g/mol. The van der Waals surface area contributed by atoms with Crippen LogP contribution in [-0.4, -0.2) is 4.98 Å². The fourth-order valence-corrected chi connectivity index (χ4v) is 2.65. The second-order valence-corrected chi connectivity index (χ2v) is 5.07. The van der Waals surface area contributed by atoms with E-state index >= 15 is 0 Å². The maximum atomic E-state index is 5.21. The number of hydrogen-bond acceptors (Lipinski definition) is 4. The Balaban J connectivity index is 1.99. The Morgan fingerprint density at radius 2 is 2.38 bits per heavy atom. The minimum absolute atomic E-state index is 0.380. The average molecular weight is 236 g/mol. The van der Waals surface area contributed by atoms with Crippen LogP contribution in [0.5, 0.6) is 0 Å². The zero-order chi connectivity index (χ0) is 11.4. The Labute approximate surface area is 99.5 Å². The lowest BCUT2D eigenvalue weighted by molar-refractivity contribution is 0.388. The summed E-state index contributed by atoms with van der Waals surface area (Å²) in [6.45, 7) is 5.16. The van der Waals surface area contributed by atoms with Gasteiger partial charge in [-0.25, -0.2) is 4.98 Å². The molecule has 1 unspecified atom stereocenters. The van der Waals surface area contributed by atoms with E-state index in [0.29, 0.717) is 12.0 Å². The van der Waals surface area contributed by atoms with Crippen LogP contribution < -0.4 is 5.32 Å². The first-order chi connectivity index (χ1) is 7.77. The highest BCUT2D eigenvalue weighted by atomic mass is 32.1. The molecule has 0 bridgehead atoms. The van der Waals surface area contributed by atoms with Gasteiger partial charge in [0.2, 0.25) is 0 Å². The maximum absolute atomic E-state index is 5.21. The molecule has 2 aromatic rings. The fraction of sp³-hybridized carbons (Fsp3) is 0.417. The molecule has 0 aromatic carbocycles. The van der Waals surface area contributed by atoms with Crippen LogP contribution >= 0.6 is 11.3 Å². The third kappa shape index (κ3) is 2.71. The Kier molecular flexibility index (Phi) is 3.74. The van der Waals surface area contributed by atoms with Gasteiger partial charge in [0.25, 0.3) is 0 Å². The zero-order valence-electron chi connectivity index (χ0n) is 9.51. The lowest BCUT2D eigenvalue weighted by Gasteiger charge is -2.20. The Bertz CT molecular complexity index is 395. The van der Waals surface area contributed by atoms with Crippen molar-refractivity contribution < 1.29 is 4.42 Å². The highest BCUT2D eigenvalue weighted by molar-refractivity contribution is 7.10. The van der Waals surface area contributed by atoms with Crippen molar-refractivity contribution in [3.05, 3.63) is 40.7 Å². The summed E-state index contributed by atoms with van der Waals surface area (Å²) in [7, 11) is 0. The second-order valence-electron chi connectivity index (χ2n) is 4.09. The first-order valence-electron chi connectivity index (χ1n) is 5.41. The van der Waals surface area contributed by atoms with Crippen LogP contribution in [0, 0.1) is 5.92 Å². The van der Waals surface area contributed by atoms with E-state index in [1.165, 1.54) is 11.3 Å². The number of nitrogens with zero attached hydrogens (tertiary/aromatic N) is 1. The van der Waals surface area contributed by atoms with E-state index in [1.54, 1.807) is 17.5 Å². The summed E-state index contributed by atoms with van der Waals surface area (Å²) in [6, 6.07) is 4.64. The number of oxazole rings is 1. The molecule has 0 amide bonds. The summed E-state index contributed by atoms with van der Waals surface area (Å²) < 4.78 is 5.21. The molecule has 0 saturated carbocycles. The lowest BCUT2D eigenvalue weighted by atomic mass is 10.0. The molecule has 4 heteroatoms. The summed E-state index contributed by atoms with van der Waals surface area (Å²) in [5, 5.41) is 5.61. The molecule has 86 valence electrons. The largest absolute Gasteiger partial charge is 0.447 e. The molecule has 0 aliphatic heterocycles. The summed E-state index contributed by atoms with van der Waals surface area (Å²) in [6.07, 6.45) is 3.21. The van der Waals surface area contributed by atoms with Gasteiger partial charge >= 0.3 is 0 Å². The van der Waals surface area contributed by atoms with Crippen LogP contribution in [0.4, 0.5) is 0 Å². The van der Waals surface area contributed by atoms with Crippen molar-refractivity contribution in [3.63, 3.8) is 0 Å². The van der Waals surface area contributed by atoms with Gasteiger partial charge in [0.15, 0.2) is 6.39 Å². The van der Waals surface area contributed by atoms with Crippen molar-refractivity contribution in [2.45, 2.75) is 26.4 Å². The molecule has 0 spiro atoms. The highest BCUT2D eigenvalue weighted by Crippen LogP contribution is 2.25. The van der Waals surface area contributed by atoms with Gasteiger partial charge in [-0.2, -0.15) is 0 Å². The number of rotatable bonds is 5. The van der Waals surface area contributed by atoms with Crippen LogP contribution in [-0.2, 0) is 6.54 Å². The van der Waals surface area contributed by atoms with Crippen molar-refractivity contribution in [1.82, 2.24) is 10.3 Å². The molecule has 0 aliphatic rings. The zero-order valence-corrected chi connectivity index (χ0v) is 10.3. The van der Waals surface area contributed by atoms with Crippen LogP contribution in [0.2, 0.25) is 0 Å². The molecule has 0 aliphatic carbocycles. The molecule has 2 heterocycles. The number of thiophene rings is 1. The SMILES string of the molecule is CC(C)C(NCc1cnco1)c1cccs1. The smallest absolute Gasteiger partial charge is 0.180 e. The summed E-state index contributed by atoms with van der Waals surface area (Å²) in [5.41, 5.74) is 0. The van der Waals surface area contributed by atoms with Crippen molar-refractivity contribution in [2.75, 3.05) is 0 Å². The predicted octanol–water partition coefficient (Wildman–Crippen LogP) is 3.22. The van der Waals surface area contributed by atoms with E-state index in [-0.39, 0.29) is 0 Å². The molecule has 3 nitrogen and oxygen atoms in total. The van der Waals surface area contributed by atoms with Crippen molar-refractivity contribution >= 4 is 11.3 Å². The predicted molar refractivity (Wildman–Crippen MR) is 65.2 cm³/mol. The van der Waals surface area contributed by atoms with Crippen molar-refractivity contribution in [2.24, 2.45) is 5.92 Å². The topological polar surface area (TPSA) is 38.1 Å². The van der Waals surface area contributed by atoms with Gasteiger partial charge in [-0.1, -0.05) is 19.9 Å². The van der Waals surface area contributed by atoms with Crippen LogP contribution in [0.25, 0.3) is 0 Å². The Morgan fingerprint density at radius 3 is 2.94 bits per heavy atom. The van der Waals surface area contributed by atoms with Gasteiger partial charge in [0, 0.05) is 10.9 Å². The number of hydrogen-bond donors (Lipinski definition) is 1. The molecular formula is C12H16N2OS. The first kappa shape index (κ1) is 11.4. The third-order valence-corrected chi connectivity index (χ3v) is 3.45. The Hall–Kier alpha value is -1.13. The van der Waals surface area contributed by atoms with E-state index in [1.807, 2.05) is 0 Å². The number of aromatic nitrogens is 1. The quantitative estimate of drug-likeness (QED) is 0.866. The van der Waals surface area contributed by atoms with Crippen LogP contribution in [0.3, 0.4) is 0 Å². The van der Waals surface area contributed by atoms with E-state index < -0.39 is 0 Å². The first-order valence-corrected chi connectivity index (χ1v) is 6.29. The molecule has 0 fully saturated rings. The average Bonchev–Trinajstić information content (AvgIpc) is 2.88. The van der Waals surface area contributed by atoms with E-state index in [2.05, 4.69) is 41.7 Å². The van der Waals surface area contributed by atoms with Crippen molar-refractivity contribution in [1.29, 1.82) is 0 Å². The van der Waals surface area contributed by atoms with Gasteiger partial charge < -0.3 is 9.73 Å². The van der Waals surface area contributed by atoms with E-state index in [9.17, 15) is 0 Å². The summed E-state index contributed by atoms with van der Waals surface area (Å²) in [5.74, 6) is 1.43. The van der Waals surface area contributed by atoms with Crippen LogP contribution in [0.15, 0.2) is 34.5 Å². The molecule has 1 atom stereocenters. The Morgan fingerprint density at radius 1 is 1.50 bits per heavy atom. The third-order valence-electron chi connectivity index (χ3n) is 2.50. The van der Waals surface area contributed by atoms with Gasteiger partial charge in [-0.3, -0.25) is 0 Å². The van der Waals surface area contributed by atoms with E-state index in [0.717, 1.165) is 12.3 Å². The van der Waals surface area contributed by atoms with Gasteiger partial charge in [0.1, 0.15) is 5.76 Å². The minimum Gasteiger partial charge on any atom is -0.447 e. The van der Waals surface area contributed by atoms with Gasteiger partial charge in [-0.15, -0.1) is 11.3 Å². The molecule has 1 N–H and O–H groups in total. The van der Waals surface area contributed by atoms with Gasteiger partial charge in [-0.05, 0) is 17.4 Å². The second kappa shape index (κ2) is 5.27. The minimum atomic E-state index is 0.380. The molecular weight excluding hydrogens is 220 g/mol. The standard InChI is InChI=1S/C12H16N2OS/c1-9(2)12(11-4-3-5-16-11)14-7-10-6-13-8-15-10/h3-6,8-9,12,14H,7H2,1-2H3. The molecule has 2 rings (SSSR count). The van der Waals surface area contributed by atoms with Gasteiger partial charge in [0.05, 0.1) is 12.7 Å². The summed E-state index contributed by atoms with van der Waals surface area (Å²) in [4.78, 5) is 5.27. The maximum Gasteiger partial charge on any atom is 0.180 e.